The lowest BCUT2D eigenvalue weighted by Crippen LogP contribution is -2.20. The fourth-order valence-corrected chi connectivity index (χ4v) is 4.53. The van der Waals surface area contributed by atoms with Crippen LogP contribution in [-0.2, 0) is 7.05 Å². The summed E-state index contributed by atoms with van der Waals surface area (Å²) in [6, 6.07) is 11.2. The summed E-state index contributed by atoms with van der Waals surface area (Å²) < 4.78 is 17.5. The summed E-state index contributed by atoms with van der Waals surface area (Å²) in [6.45, 7) is 1.87. The van der Waals surface area contributed by atoms with Crippen LogP contribution in [0.3, 0.4) is 0 Å². The van der Waals surface area contributed by atoms with Crippen LogP contribution in [-0.4, -0.2) is 44.5 Å². The molecule has 4 aromatic rings. The van der Waals surface area contributed by atoms with Crippen molar-refractivity contribution in [2.24, 2.45) is 7.05 Å². The fraction of sp³-hybridized carbons (Fsp3) is 0.231. The maximum atomic E-state index is 14.7. The highest BCUT2D eigenvalue weighted by Crippen LogP contribution is 2.41. The Kier molecular flexibility index (Phi) is 7.23. The lowest BCUT2D eigenvalue weighted by atomic mass is 9.97. The molecule has 0 spiro atoms. The van der Waals surface area contributed by atoms with E-state index in [1.807, 2.05) is 6.07 Å². The number of phenolic OH excluding ortho intramolecular Hbond substituents is 1. The smallest absolute Gasteiger partial charge is 0.332 e. The number of hydrogen-bond acceptors (Lipinski definition) is 5. The Balaban J connectivity index is 0.00000141. The predicted octanol–water partition coefficient (Wildman–Crippen LogP) is 4.61. The Morgan fingerprint density at radius 1 is 0.971 bits per heavy atom. The van der Waals surface area contributed by atoms with Crippen molar-refractivity contribution < 1.29 is 14.6 Å². The third-order valence-corrected chi connectivity index (χ3v) is 6.33. The van der Waals surface area contributed by atoms with E-state index in [9.17, 15) is 14.3 Å². The van der Waals surface area contributed by atoms with Crippen LogP contribution in [0.4, 0.5) is 10.2 Å². The standard InChI is InChI=1S/C25H22ClFN4O2.CH4O/c1-29-10-11-31(25(29)33)22-5-4-16(12-21(22)26)19-14-18(27)15-20(24(19)32)17-6-7-28-23(13-17)30-8-2-3-9-30;1-2/h4-7,10-15,32H,2-3,8-9H2,1H3;2H,1H3. The highest BCUT2D eigenvalue weighted by Gasteiger charge is 2.18. The summed E-state index contributed by atoms with van der Waals surface area (Å²) in [4.78, 5) is 18.9. The molecule has 2 aromatic heterocycles. The number of anilines is 1. The number of aliphatic hydroxyl groups excluding tert-OH is 1. The monoisotopic (exact) mass is 496 g/mol. The highest BCUT2D eigenvalue weighted by atomic mass is 35.5. The Bertz CT molecular complexity index is 1410. The number of aromatic nitrogens is 3. The van der Waals surface area contributed by atoms with Gasteiger partial charge < -0.3 is 19.7 Å². The van der Waals surface area contributed by atoms with E-state index in [4.69, 9.17) is 16.7 Å². The van der Waals surface area contributed by atoms with Gasteiger partial charge in [-0.25, -0.2) is 14.2 Å². The molecule has 1 aliphatic rings. The Labute approximate surface area is 207 Å². The third kappa shape index (κ3) is 4.80. The summed E-state index contributed by atoms with van der Waals surface area (Å²) in [5.74, 6) is 0.295. The number of aryl methyl sites for hydroxylation is 1. The van der Waals surface area contributed by atoms with Gasteiger partial charge in [-0.3, -0.25) is 4.57 Å². The van der Waals surface area contributed by atoms with Crippen molar-refractivity contribution in [2.75, 3.05) is 25.1 Å². The number of hydrogen-bond donors (Lipinski definition) is 2. The van der Waals surface area contributed by atoms with Crippen molar-refractivity contribution >= 4 is 17.4 Å². The maximum Gasteiger partial charge on any atom is 0.332 e. The molecule has 0 atom stereocenters. The van der Waals surface area contributed by atoms with E-state index in [-0.39, 0.29) is 11.4 Å². The molecule has 9 heteroatoms. The number of imidazole rings is 1. The van der Waals surface area contributed by atoms with Gasteiger partial charge in [-0.2, -0.15) is 0 Å². The quantitative estimate of drug-likeness (QED) is 0.431. The average molecular weight is 497 g/mol. The third-order valence-electron chi connectivity index (χ3n) is 6.03. The van der Waals surface area contributed by atoms with Crippen molar-refractivity contribution in [2.45, 2.75) is 12.8 Å². The van der Waals surface area contributed by atoms with Crippen molar-refractivity contribution in [1.82, 2.24) is 14.1 Å². The maximum absolute atomic E-state index is 14.7. The van der Waals surface area contributed by atoms with E-state index in [1.165, 1.54) is 21.3 Å². The Morgan fingerprint density at radius 2 is 1.63 bits per heavy atom. The summed E-state index contributed by atoms with van der Waals surface area (Å²) in [6.07, 6.45) is 7.18. The highest BCUT2D eigenvalue weighted by molar-refractivity contribution is 6.32. The van der Waals surface area contributed by atoms with E-state index < -0.39 is 5.82 Å². The molecule has 0 amide bonds. The molecule has 0 bridgehead atoms. The van der Waals surface area contributed by atoms with Gasteiger partial charge in [0.15, 0.2) is 0 Å². The fourth-order valence-electron chi connectivity index (χ4n) is 4.26. The zero-order valence-electron chi connectivity index (χ0n) is 19.4. The first-order chi connectivity index (χ1) is 16.9. The molecule has 0 unspecified atom stereocenters. The summed E-state index contributed by atoms with van der Waals surface area (Å²) >= 11 is 6.48. The summed E-state index contributed by atoms with van der Waals surface area (Å²) in [7, 11) is 2.65. The molecule has 2 aromatic carbocycles. The van der Waals surface area contributed by atoms with E-state index in [0.29, 0.717) is 33.0 Å². The zero-order chi connectivity index (χ0) is 25.1. The molecule has 5 rings (SSSR count). The van der Waals surface area contributed by atoms with Crippen LogP contribution in [0.15, 0.2) is 65.8 Å². The van der Waals surface area contributed by atoms with Crippen LogP contribution < -0.4 is 10.6 Å². The minimum Gasteiger partial charge on any atom is -0.507 e. The second kappa shape index (κ2) is 10.3. The average Bonchev–Trinajstić information content (AvgIpc) is 3.53. The first kappa shape index (κ1) is 24.5. The molecular weight excluding hydrogens is 471 g/mol. The molecule has 0 radical (unpaired) electrons. The van der Waals surface area contributed by atoms with E-state index in [0.717, 1.165) is 38.9 Å². The molecule has 0 saturated carbocycles. The number of phenols is 1. The van der Waals surface area contributed by atoms with Gasteiger partial charge in [-0.15, -0.1) is 0 Å². The first-order valence-corrected chi connectivity index (χ1v) is 11.5. The molecule has 1 saturated heterocycles. The van der Waals surface area contributed by atoms with Gasteiger partial charge in [0.1, 0.15) is 17.4 Å². The van der Waals surface area contributed by atoms with Crippen LogP contribution in [0.5, 0.6) is 5.75 Å². The SMILES string of the molecule is CO.Cn1ccn(-c2ccc(-c3cc(F)cc(-c4ccnc(N5CCCC5)c4)c3O)cc2Cl)c1=O. The van der Waals surface area contributed by atoms with Gasteiger partial charge >= 0.3 is 5.69 Å². The molecule has 1 aliphatic heterocycles. The van der Waals surface area contributed by atoms with Gasteiger partial charge in [0.25, 0.3) is 0 Å². The van der Waals surface area contributed by atoms with E-state index >= 15 is 0 Å². The minimum atomic E-state index is -0.475. The Morgan fingerprint density at radius 3 is 2.23 bits per heavy atom. The number of rotatable bonds is 4. The van der Waals surface area contributed by atoms with Gasteiger partial charge in [-0.1, -0.05) is 17.7 Å². The topological polar surface area (TPSA) is 83.5 Å². The number of nitrogens with zero attached hydrogens (tertiary/aromatic N) is 4. The second-order valence-corrected chi connectivity index (χ2v) is 8.58. The normalized spacial score (nSPS) is 13.0. The van der Waals surface area contributed by atoms with Crippen molar-refractivity contribution in [1.29, 1.82) is 0 Å². The van der Waals surface area contributed by atoms with Crippen LogP contribution >= 0.6 is 11.6 Å². The Hall–Kier alpha value is -3.62. The van der Waals surface area contributed by atoms with Crippen LogP contribution in [0.2, 0.25) is 5.02 Å². The molecule has 3 heterocycles. The molecule has 182 valence electrons. The zero-order valence-corrected chi connectivity index (χ0v) is 20.2. The van der Waals surface area contributed by atoms with Crippen molar-refractivity contribution in [3.8, 4) is 33.7 Å². The molecular formula is C26H26ClFN4O3. The van der Waals surface area contributed by atoms with E-state index in [2.05, 4.69) is 9.88 Å². The van der Waals surface area contributed by atoms with Crippen LogP contribution in [0.25, 0.3) is 27.9 Å². The molecule has 35 heavy (non-hydrogen) atoms. The molecule has 7 nitrogen and oxygen atoms in total. The number of benzene rings is 2. The molecule has 2 N–H and O–H groups in total. The lowest BCUT2D eigenvalue weighted by molar-refractivity contribution is 0.399. The number of halogens is 2. The number of pyridine rings is 1. The second-order valence-electron chi connectivity index (χ2n) is 8.17. The van der Waals surface area contributed by atoms with Crippen molar-refractivity contribution in [3.05, 3.63) is 82.4 Å². The van der Waals surface area contributed by atoms with Gasteiger partial charge in [0.2, 0.25) is 0 Å². The minimum absolute atomic E-state index is 0.0457. The van der Waals surface area contributed by atoms with Gasteiger partial charge in [-0.05, 0) is 60.4 Å². The van der Waals surface area contributed by atoms with E-state index in [1.54, 1.807) is 49.9 Å². The largest absolute Gasteiger partial charge is 0.507 e. The van der Waals surface area contributed by atoms with Gasteiger partial charge in [0, 0.05) is 57.0 Å². The summed E-state index contributed by atoms with van der Waals surface area (Å²) in [5.41, 5.74) is 2.20. The summed E-state index contributed by atoms with van der Waals surface area (Å²) in [5, 5.41) is 18.4. The van der Waals surface area contributed by atoms with Crippen molar-refractivity contribution in [3.63, 3.8) is 0 Å². The molecule has 1 fully saturated rings. The lowest BCUT2D eigenvalue weighted by Gasteiger charge is -2.18. The number of aliphatic hydroxyl groups is 1. The van der Waals surface area contributed by atoms with Gasteiger partial charge in [0.05, 0.1) is 10.7 Å². The van der Waals surface area contributed by atoms with Crippen LogP contribution in [0.1, 0.15) is 12.8 Å². The first-order valence-electron chi connectivity index (χ1n) is 11.2. The molecule has 0 aliphatic carbocycles. The number of aromatic hydroxyl groups is 1. The van der Waals surface area contributed by atoms with Crippen LogP contribution in [0, 0.1) is 5.82 Å². The predicted molar refractivity (Wildman–Crippen MR) is 136 cm³/mol.